The largest absolute Gasteiger partial charge is 0.370 e. The molecule has 5 heteroatoms. The summed E-state index contributed by atoms with van der Waals surface area (Å²) in [7, 11) is 0. The van der Waals surface area contributed by atoms with Gasteiger partial charge in [0.1, 0.15) is 5.82 Å². The van der Waals surface area contributed by atoms with Crippen LogP contribution in [-0.2, 0) is 6.54 Å². The topological polar surface area (TPSA) is 41.6 Å². The predicted octanol–water partition coefficient (Wildman–Crippen LogP) is 3.30. The van der Waals surface area contributed by atoms with Crippen LogP contribution in [0.2, 0.25) is 0 Å². The number of guanidine groups is 1. The summed E-state index contributed by atoms with van der Waals surface area (Å²) >= 11 is 0. The van der Waals surface area contributed by atoms with Gasteiger partial charge in [-0.2, -0.15) is 0 Å². The molecular weight excluding hydrogens is 368 g/mol. The van der Waals surface area contributed by atoms with Gasteiger partial charge in [0.2, 0.25) is 0 Å². The van der Waals surface area contributed by atoms with Crippen molar-refractivity contribution in [1.82, 2.24) is 4.90 Å². The number of hydrogen-bond acceptors (Lipinski definition) is 1. The third-order valence-electron chi connectivity index (χ3n) is 3.75. The number of nitrogens with zero attached hydrogens (tertiary/aromatic N) is 2. The Bertz CT molecular complexity index is 468. The summed E-state index contributed by atoms with van der Waals surface area (Å²) in [4.78, 5) is 6.55. The zero-order valence-corrected chi connectivity index (χ0v) is 14.4. The summed E-state index contributed by atoms with van der Waals surface area (Å²) in [6.07, 6.45) is 2.34. The van der Waals surface area contributed by atoms with Crippen LogP contribution >= 0.6 is 24.0 Å². The molecule has 20 heavy (non-hydrogen) atoms. The Kier molecular flexibility index (Phi) is 6.71. The number of aliphatic imine (C=N–C) groups is 1. The van der Waals surface area contributed by atoms with E-state index >= 15 is 0 Å². The number of hydrogen-bond donors (Lipinski definition) is 1. The van der Waals surface area contributed by atoms with Gasteiger partial charge in [-0.05, 0) is 42.9 Å². The van der Waals surface area contributed by atoms with Crippen molar-refractivity contribution in [1.29, 1.82) is 0 Å². The molecule has 1 saturated heterocycles. The molecule has 2 N–H and O–H groups in total. The number of nitrogens with two attached hydrogens (primary N) is 1. The summed E-state index contributed by atoms with van der Waals surface area (Å²) < 4.78 is 13.2. The first-order chi connectivity index (χ1) is 9.06. The van der Waals surface area contributed by atoms with Crippen molar-refractivity contribution < 1.29 is 4.39 Å². The second-order valence-corrected chi connectivity index (χ2v) is 5.43. The Morgan fingerprint density at radius 3 is 2.65 bits per heavy atom. The quantitative estimate of drug-likeness (QED) is 0.478. The third kappa shape index (κ3) is 4.61. The highest BCUT2D eigenvalue weighted by Crippen LogP contribution is 2.16. The van der Waals surface area contributed by atoms with Gasteiger partial charge in [-0.15, -0.1) is 24.0 Å². The van der Waals surface area contributed by atoms with Crippen LogP contribution in [0.15, 0.2) is 23.2 Å². The van der Waals surface area contributed by atoms with Crippen molar-refractivity contribution in [2.45, 2.75) is 33.2 Å². The molecule has 1 fully saturated rings. The molecule has 0 unspecified atom stereocenters. The third-order valence-corrected chi connectivity index (χ3v) is 3.75. The van der Waals surface area contributed by atoms with Gasteiger partial charge in [-0.25, -0.2) is 9.38 Å². The summed E-state index contributed by atoms with van der Waals surface area (Å²) in [5.74, 6) is 1.21. The highest BCUT2D eigenvalue weighted by molar-refractivity contribution is 14.0. The summed E-state index contributed by atoms with van der Waals surface area (Å²) in [5.41, 5.74) is 7.66. The normalized spacial score (nSPS) is 16.9. The van der Waals surface area contributed by atoms with Crippen LogP contribution in [0.3, 0.4) is 0 Å². The molecule has 112 valence electrons. The van der Waals surface area contributed by atoms with Crippen LogP contribution in [0.5, 0.6) is 0 Å². The summed E-state index contributed by atoms with van der Waals surface area (Å²) in [5, 5.41) is 0. The van der Waals surface area contributed by atoms with E-state index in [1.807, 2.05) is 6.07 Å². The fraction of sp³-hybridized carbons (Fsp3) is 0.533. The van der Waals surface area contributed by atoms with E-state index in [2.05, 4.69) is 16.8 Å². The molecular formula is C15H23FIN3. The lowest BCUT2D eigenvalue weighted by Gasteiger charge is -2.31. The van der Waals surface area contributed by atoms with Crippen LogP contribution in [0.25, 0.3) is 0 Å². The molecule has 1 aliphatic rings. The molecule has 1 aliphatic heterocycles. The smallest absolute Gasteiger partial charge is 0.191 e. The van der Waals surface area contributed by atoms with Gasteiger partial charge in [0.15, 0.2) is 5.96 Å². The van der Waals surface area contributed by atoms with Crippen molar-refractivity contribution in [2.75, 3.05) is 13.1 Å². The molecule has 1 aromatic rings. The molecule has 1 heterocycles. The standard InChI is InChI=1S/C15H22FN3.HI/c1-11-5-7-19(8-6-11)15(17)18-10-13-3-4-14(16)12(2)9-13;/h3-4,9,11H,5-8,10H2,1-2H3,(H2,17,18);1H. The lowest BCUT2D eigenvalue weighted by Crippen LogP contribution is -2.42. The molecule has 0 spiro atoms. The molecule has 2 rings (SSSR count). The molecule has 0 aliphatic carbocycles. The van der Waals surface area contributed by atoms with Crippen LogP contribution in [0.1, 0.15) is 30.9 Å². The Labute approximate surface area is 137 Å². The van der Waals surface area contributed by atoms with E-state index in [4.69, 9.17) is 5.73 Å². The number of piperidine rings is 1. The summed E-state index contributed by atoms with van der Waals surface area (Å²) in [6, 6.07) is 5.07. The Morgan fingerprint density at radius 2 is 2.05 bits per heavy atom. The second kappa shape index (κ2) is 7.81. The highest BCUT2D eigenvalue weighted by Gasteiger charge is 2.16. The van der Waals surface area contributed by atoms with E-state index < -0.39 is 0 Å². The fourth-order valence-electron chi connectivity index (χ4n) is 2.32. The molecule has 0 saturated carbocycles. The molecule has 0 amide bonds. The maximum atomic E-state index is 13.2. The average molecular weight is 391 g/mol. The van der Waals surface area contributed by atoms with Crippen LogP contribution < -0.4 is 5.73 Å². The maximum absolute atomic E-state index is 13.2. The Morgan fingerprint density at radius 1 is 1.40 bits per heavy atom. The number of benzene rings is 1. The fourth-order valence-corrected chi connectivity index (χ4v) is 2.32. The molecule has 0 bridgehead atoms. The van der Waals surface area contributed by atoms with E-state index in [0.29, 0.717) is 18.1 Å². The van der Waals surface area contributed by atoms with Crippen LogP contribution in [0.4, 0.5) is 4.39 Å². The molecule has 0 aromatic heterocycles. The van der Waals surface area contributed by atoms with Gasteiger partial charge in [0.05, 0.1) is 6.54 Å². The first-order valence-corrected chi connectivity index (χ1v) is 6.86. The van der Waals surface area contributed by atoms with E-state index in [9.17, 15) is 4.39 Å². The minimum Gasteiger partial charge on any atom is -0.370 e. The molecule has 1 aromatic carbocycles. The van der Waals surface area contributed by atoms with E-state index in [0.717, 1.165) is 24.6 Å². The van der Waals surface area contributed by atoms with Crippen molar-refractivity contribution in [3.63, 3.8) is 0 Å². The average Bonchev–Trinajstić information content (AvgIpc) is 2.40. The van der Waals surface area contributed by atoms with Gasteiger partial charge >= 0.3 is 0 Å². The monoisotopic (exact) mass is 391 g/mol. The van der Waals surface area contributed by atoms with Gasteiger partial charge in [-0.1, -0.05) is 19.1 Å². The van der Waals surface area contributed by atoms with Crippen molar-refractivity contribution in [3.8, 4) is 0 Å². The van der Waals surface area contributed by atoms with Crippen LogP contribution in [-0.4, -0.2) is 23.9 Å². The second-order valence-electron chi connectivity index (χ2n) is 5.43. The molecule has 3 nitrogen and oxygen atoms in total. The molecule has 0 radical (unpaired) electrons. The zero-order chi connectivity index (χ0) is 13.8. The Balaban J connectivity index is 0.00000200. The van der Waals surface area contributed by atoms with Crippen molar-refractivity contribution in [3.05, 3.63) is 35.1 Å². The first-order valence-electron chi connectivity index (χ1n) is 6.86. The number of rotatable bonds is 2. The minimum absolute atomic E-state index is 0. The lowest BCUT2D eigenvalue weighted by atomic mass is 10.00. The molecule has 0 atom stereocenters. The van der Waals surface area contributed by atoms with Gasteiger partial charge in [0, 0.05) is 13.1 Å². The SMILES string of the molecule is Cc1cc(CN=C(N)N2CCC(C)CC2)ccc1F.I. The van der Waals surface area contributed by atoms with Crippen molar-refractivity contribution in [2.24, 2.45) is 16.6 Å². The van der Waals surface area contributed by atoms with Crippen LogP contribution in [0, 0.1) is 18.7 Å². The first kappa shape index (κ1) is 17.2. The number of aryl methyl sites for hydroxylation is 1. The van der Waals surface area contributed by atoms with E-state index in [-0.39, 0.29) is 29.8 Å². The Hall–Kier alpha value is -0.850. The minimum atomic E-state index is -0.175. The van der Waals surface area contributed by atoms with E-state index in [1.165, 1.54) is 18.9 Å². The summed E-state index contributed by atoms with van der Waals surface area (Å²) in [6.45, 7) is 6.51. The highest BCUT2D eigenvalue weighted by atomic mass is 127. The van der Waals surface area contributed by atoms with Gasteiger partial charge < -0.3 is 10.6 Å². The lowest BCUT2D eigenvalue weighted by molar-refractivity contribution is 0.277. The maximum Gasteiger partial charge on any atom is 0.191 e. The van der Waals surface area contributed by atoms with Gasteiger partial charge in [0.25, 0.3) is 0 Å². The predicted molar refractivity (Wildman–Crippen MR) is 91.8 cm³/mol. The van der Waals surface area contributed by atoms with Crippen molar-refractivity contribution >= 4 is 29.9 Å². The zero-order valence-electron chi connectivity index (χ0n) is 12.1. The van der Waals surface area contributed by atoms with Gasteiger partial charge in [-0.3, -0.25) is 0 Å². The number of likely N-dealkylation sites (tertiary alicyclic amines) is 1. The van der Waals surface area contributed by atoms with E-state index in [1.54, 1.807) is 13.0 Å². The number of halogens is 2.